The highest BCUT2D eigenvalue weighted by Crippen LogP contribution is 2.32. The number of rotatable bonds is 4. The van der Waals surface area contributed by atoms with Crippen LogP contribution in [0.15, 0.2) is 48.8 Å². The van der Waals surface area contributed by atoms with Crippen LogP contribution in [-0.4, -0.2) is 27.9 Å². The summed E-state index contributed by atoms with van der Waals surface area (Å²) in [5.41, 5.74) is 2.94. The molecule has 3 aromatic rings. The second-order valence-electron chi connectivity index (χ2n) is 5.27. The Kier molecular flexibility index (Phi) is 3.59. The zero-order chi connectivity index (χ0) is 16.4. The van der Waals surface area contributed by atoms with Crippen LogP contribution in [0.2, 0.25) is 0 Å². The van der Waals surface area contributed by atoms with Gasteiger partial charge in [-0.15, -0.1) is 0 Å². The van der Waals surface area contributed by atoms with E-state index in [-0.39, 0.29) is 12.7 Å². The van der Waals surface area contributed by atoms with Gasteiger partial charge in [0.2, 0.25) is 6.79 Å². The third-order valence-electron chi connectivity index (χ3n) is 3.69. The second kappa shape index (κ2) is 6.04. The first-order valence-corrected chi connectivity index (χ1v) is 7.42. The minimum atomic E-state index is -0.222. The van der Waals surface area contributed by atoms with Gasteiger partial charge in [0, 0.05) is 24.5 Å². The van der Waals surface area contributed by atoms with Crippen molar-refractivity contribution in [1.82, 2.24) is 20.5 Å². The van der Waals surface area contributed by atoms with Gasteiger partial charge in [0.25, 0.3) is 5.91 Å². The van der Waals surface area contributed by atoms with Crippen molar-refractivity contribution in [3.8, 4) is 22.8 Å². The molecule has 0 aliphatic carbocycles. The van der Waals surface area contributed by atoms with Gasteiger partial charge in [-0.25, -0.2) is 0 Å². The summed E-state index contributed by atoms with van der Waals surface area (Å²) in [6.45, 7) is 0.621. The predicted octanol–water partition coefficient (Wildman–Crippen LogP) is 2.13. The van der Waals surface area contributed by atoms with Crippen LogP contribution in [0.1, 0.15) is 16.1 Å². The zero-order valence-corrected chi connectivity index (χ0v) is 12.7. The van der Waals surface area contributed by atoms with Crippen LogP contribution in [0.4, 0.5) is 0 Å². The van der Waals surface area contributed by atoms with E-state index < -0.39 is 0 Å². The van der Waals surface area contributed by atoms with Gasteiger partial charge in [-0.2, -0.15) is 5.10 Å². The molecule has 1 aliphatic rings. The Morgan fingerprint density at radius 2 is 1.96 bits per heavy atom. The van der Waals surface area contributed by atoms with Crippen molar-refractivity contribution in [3.63, 3.8) is 0 Å². The summed E-state index contributed by atoms with van der Waals surface area (Å²) in [4.78, 5) is 16.2. The van der Waals surface area contributed by atoms with Crippen LogP contribution >= 0.6 is 0 Å². The molecule has 0 unspecified atom stereocenters. The Morgan fingerprint density at radius 3 is 2.83 bits per heavy atom. The number of hydrogen-bond donors (Lipinski definition) is 2. The first kappa shape index (κ1) is 14.3. The molecule has 2 aromatic heterocycles. The number of hydrogen-bond acceptors (Lipinski definition) is 5. The predicted molar refractivity (Wildman–Crippen MR) is 85.6 cm³/mol. The number of carbonyl (C=O) groups is 1. The third kappa shape index (κ3) is 2.79. The molecule has 4 rings (SSSR count). The summed E-state index contributed by atoms with van der Waals surface area (Å²) >= 11 is 0. The van der Waals surface area contributed by atoms with E-state index in [0.29, 0.717) is 23.7 Å². The number of amides is 1. The van der Waals surface area contributed by atoms with Crippen LogP contribution < -0.4 is 14.8 Å². The molecule has 0 saturated carbocycles. The van der Waals surface area contributed by atoms with E-state index in [1.165, 1.54) is 0 Å². The molecule has 1 aliphatic heterocycles. The topological polar surface area (TPSA) is 89.1 Å². The SMILES string of the molecule is O=C(NCc1ccc2c(c1)OCO2)c1cc(-c2ccncc2)n[nH]1. The van der Waals surface area contributed by atoms with E-state index in [9.17, 15) is 4.79 Å². The fourth-order valence-corrected chi connectivity index (χ4v) is 2.44. The maximum Gasteiger partial charge on any atom is 0.269 e. The Balaban J connectivity index is 1.42. The fourth-order valence-electron chi connectivity index (χ4n) is 2.44. The van der Waals surface area contributed by atoms with Gasteiger partial charge in [-0.3, -0.25) is 14.9 Å². The lowest BCUT2D eigenvalue weighted by Gasteiger charge is -2.04. The number of carbonyl (C=O) groups excluding carboxylic acids is 1. The first-order chi connectivity index (χ1) is 11.8. The van der Waals surface area contributed by atoms with Gasteiger partial charge in [-0.05, 0) is 35.9 Å². The molecule has 24 heavy (non-hydrogen) atoms. The largest absolute Gasteiger partial charge is 0.454 e. The number of benzene rings is 1. The van der Waals surface area contributed by atoms with Gasteiger partial charge in [0.05, 0.1) is 5.69 Å². The molecule has 7 nitrogen and oxygen atoms in total. The van der Waals surface area contributed by atoms with E-state index >= 15 is 0 Å². The molecule has 0 atom stereocenters. The smallest absolute Gasteiger partial charge is 0.269 e. The number of nitrogens with zero attached hydrogens (tertiary/aromatic N) is 2. The zero-order valence-electron chi connectivity index (χ0n) is 12.7. The van der Waals surface area contributed by atoms with Crippen molar-refractivity contribution in [1.29, 1.82) is 0 Å². The van der Waals surface area contributed by atoms with E-state index in [2.05, 4.69) is 20.5 Å². The molecule has 0 radical (unpaired) electrons. The van der Waals surface area contributed by atoms with Crippen LogP contribution in [0.25, 0.3) is 11.3 Å². The van der Waals surface area contributed by atoms with E-state index in [1.807, 2.05) is 30.3 Å². The number of fused-ring (bicyclic) bond motifs is 1. The van der Waals surface area contributed by atoms with Crippen molar-refractivity contribution < 1.29 is 14.3 Å². The Labute approximate surface area is 137 Å². The summed E-state index contributed by atoms with van der Waals surface area (Å²) in [5.74, 6) is 1.20. The maximum atomic E-state index is 12.2. The molecule has 1 amide bonds. The number of pyridine rings is 1. The molecular weight excluding hydrogens is 308 g/mol. The van der Waals surface area contributed by atoms with Crippen molar-refractivity contribution >= 4 is 5.91 Å². The summed E-state index contributed by atoms with van der Waals surface area (Å²) in [6, 6.07) is 11.0. The second-order valence-corrected chi connectivity index (χ2v) is 5.27. The average Bonchev–Trinajstić information content (AvgIpc) is 3.29. The van der Waals surface area contributed by atoms with Gasteiger partial charge in [0.1, 0.15) is 5.69 Å². The lowest BCUT2D eigenvalue weighted by Crippen LogP contribution is -2.23. The molecular formula is C17H14N4O3. The normalized spacial score (nSPS) is 12.2. The van der Waals surface area contributed by atoms with E-state index in [4.69, 9.17) is 9.47 Å². The van der Waals surface area contributed by atoms with Crippen LogP contribution in [0.5, 0.6) is 11.5 Å². The van der Waals surface area contributed by atoms with Crippen molar-refractivity contribution in [2.75, 3.05) is 6.79 Å². The van der Waals surface area contributed by atoms with Crippen molar-refractivity contribution in [3.05, 3.63) is 60.0 Å². The van der Waals surface area contributed by atoms with E-state index in [1.54, 1.807) is 18.5 Å². The quantitative estimate of drug-likeness (QED) is 0.768. The summed E-state index contributed by atoms with van der Waals surface area (Å²) in [5, 5.41) is 9.77. The minimum absolute atomic E-state index is 0.222. The molecule has 7 heteroatoms. The molecule has 2 N–H and O–H groups in total. The van der Waals surface area contributed by atoms with Gasteiger partial charge in [-0.1, -0.05) is 6.07 Å². The Hall–Kier alpha value is -3.35. The average molecular weight is 322 g/mol. The van der Waals surface area contributed by atoms with E-state index in [0.717, 1.165) is 16.9 Å². The highest BCUT2D eigenvalue weighted by atomic mass is 16.7. The molecule has 0 bridgehead atoms. The first-order valence-electron chi connectivity index (χ1n) is 7.42. The molecule has 0 spiro atoms. The molecule has 0 saturated heterocycles. The highest BCUT2D eigenvalue weighted by molar-refractivity contribution is 5.93. The number of aromatic amines is 1. The molecule has 1 aromatic carbocycles. The van der Waals surface area contributed by atoms with Crippen LogP contribution in [0.3, 0.4) is 0 Å². The number of H-pyrrole nitrogens is 1. The third-order valence-corrected chi connectivity index (χ3v) is 3.69. The van der Waals surface area contributed by atoms with Crippen molar-refractivity contribution in [2.24, 2.45) is 0 Å². The fraction of sp³-hybridized carbons (Fsp3) is 0.118. The standard InChI is InChI=1S/C17H14N4O3/c22-17(14-8-13(20-21-14)12-3-5-18-6-4-12)19-9-11-1-2-15-16(7-11)24-10-23-15/h1-8H,9-10H2,(H,19,22)(H,20,21). The molecule has 3 heterocycles. The Morgan fingerprint density at radius 1 is 1.12 bits per heavy atom. The summed E-state index contributed by atoms with van der Waals surface area (Å²) in [6.07, 6.45) is 3.37. The minimum Gasteiger partial charge on any atom is -0.454 e. The monoisotopic (exact) mass is 322 g/mol. The summed E-state index contributed by atoms with van der Waals surface area (Å²) in [7, 11) is 0. The maximum absolute atomic E-state index is 12.2. The highest BCUT2D eigenvalue weighted by Gasteiger charge is 2.14. The lowest BCUT2D eigenvalue weighted by atomic mass is 10.2. The lowest BCUT2D eigenvalue weighted by molar-refractivity contribution is 0.0946. The molecule has 120 valence electrons. The number of nitrogens with one attached hydrogen (secondary N) is 2. The van der Waals surface area contributed by atoms with Gasteiger partial charge >= 0.3 is 0 Å². The van der Waals surface area contributed by atoms with Crippen LogP contribution in [-0.2, 0) is 6.54 Å². The summed E-state index contributed by atoms with van der Waals surface area (Å²) < 4.78 is 10.6. The number of ether oxygens (including phenoxy) is 2. The number of aromatic nitrogens is 3. The van der Waals surface area contributed by atoms with Gasteiger partial charge in [0.15, 0.2) is 11.5 Å². The van der Waals surface area contributed by atoms with Crippen LogP contribution in [0, 0.1) is 0 Å². The van der Waals surface area contributed by atoms with Gasteiger partial charge < -0.3 is 14.8 Å². The molecule has 0 fully saturated rings. The van der Waals surface area contributed by atoms with Crippen molar-refractivity contribution in [2.45, 2.75) is 6.54 Å². The Bertz CT molecular complexity index is 877.